The molecule has 2 rings (SSSR count). The van der Waals surface area contributed by atoms with Crippen molar-refractivity contribution >= 4 is 0 Å². The van der Waals surface area contributed by atoms with E-state index in [-0.39, 0.29) is 5.92 Å². The number of methoxy groups -OCH3 is 1. The van der Waals surface area contributed by atoms with Crippen LogP contribution >= 0.6 is 0 Å². The second-order valence-corrected chi connectivity index (χ2v) is 4.93. The Balaban J connectivity index is 2.56. The zero-order valence-electron chi connectivity index (χ0n) is 11.1. The molecule has 0 radical (unpaired) electrons. The van der Waals surface area contributed by atoms with Crippen molar-refractivity contribution in [3.05, 3.63) is 47.5 Å². The van der Waals surface area contributed by atoms with Crippen molar-refractivity contribution < 1.29 is 4.74 Å². The van der Waals surface area contributed by atoms with E-state index in [0.29, 0.717) is 6.42 Å². The van der Waals surface area contributed by atoms with Gasteiger partial charge < -0.3 is 4.74 Å². The first-order valence-electron chi connectivity index (χ1n) is 6.25. The highest BCUT2D eigenvalue weighted by Gasteiger charge is 2.49. The molecule has 0 aromatic heterocycles. The Morgan fingerprint density at radius 2 is 1.84 bits per heavy atom. The molecule has 0 spiro atoms. The second-order valence-electron chi connectivity index (χ2n) is 4.93. The molecule has 1 aliphatic carbocycles. The minimum absolute atomic E-state index is 0.154. The van der Waals surface area contributed by atoms with Crippen molar-refractivity contribution in [2.75, 3.05) is 7.11 Å². The molecule has 0 heterocycles. The average Bonchev–Trinajstić information content (AvgIpc) is 2.47. The summed E-state index contributed by atoms with van der Waals surface area (Å²) in [5.74, 6) is -0.154. The smallest absolute Gasteiger partial charge is 0.180 e. The molecule has 1 aromatic carbocycles. The van der Waals surface area contributed by atoms with Crippen LogP contribution in [0.3, 0.4) is 0 Å². The van der Waals surface area contributed by atoms with Gasteiger partial charge in [-0.1, -0.05) is 42.0 Å². The van der Waals surface area contributed by atoms with Crippen molar-refractivity contribution in [1.82, 2.24) is 0 Å². The fourth-order valence-electron chi connectivity index (χ4n) is 2.77. The Hall–Kier alpha value is -2.10. The number of nitriles is 2. The average molecular weight is 252 g/mol. The maximum atomic E-state index is 9.58. The van der Waals surface area contributed by atoms with Crippen LogP contribution in [0.5, 0.6) is 0 Å². The van der Waals surface area contributed by atoms with Gasteiger partial charge in [-0.3, -0.25) is 0 Å². The van der Waals surface area contributed by atoms with Gasteiger partial charge in [-0.05, 0) is 18.9 Å². The summed E-state index contributed by atoms with van der Waals surface area (Å²) in [6.45, 7) is 2.01. The summed E-state index contributed by atoms with van der Waals surface area (Å²) in [4.78, 5) is 0. The molecule has 0 bridgehead atoms. The molecule has 3 heteroatoms. The van der Waals surface area contributed by atoms with E-state index in [0.717, 1.165) is 11.1 Å². The molecular weight excluding hydrogens is 236 g/mol. The van der Waals surface area contributed by atoms with Crippen molar-refractivity contribution in [3.8, 4) is 12.1 Å². The summed E-state index contributed by atoms with van der Waals surface area (Å²) in [6, 6.07) is 14.2. The van der Waals surface area contributed by atoms with Crippen LogP contribution in [0, 0.1) is 28.1 Å². The van der Waals surface area contributed by atoms with Crippen molar-refractivity contribution in [2.45, 2.75) is 25.4 Å². The van der Waals surface area contributed by atoms with Gasteiger partial charge in [-0.25, -0.2) is 0 Å². The SMILES string of the molecule is CO[C@H]1C=C(C)C[C@H](c2ccccc2)C1(C#N)C#N. The maximum Gasteiger partial charge on any atom is 0.180 e. The summed E-state index contributed by atoms with van der Waals surface area (Å²) >= 11 is 0. The lowest BCUT2D eigenvalue weighted by Gasteiger charge is -2.38. The number of hydrogen-bond acceptors (Lipinski definition) is 3. The van der Waals surface area contributed by atoms with E-state index in [1.54, 1.807) is 7.11 Å². The van der Waals surface area contributed by atoms with Gasteiger partial charge in [0.25, 0.3) is 0 Å². The Labute approximate surface area is 113 Å². The van der Waals surface area contributed by atoms with E-state index in [9.17, 15) is 10.5 Å². The van der Waals surface area contributed by atoms with Crippen LogP contribution in [0.4, 0.5) is 0 Å². The highest BCUT2D eigenvalue weighted by atomic mass is 16.5. The maximum absolute atomic E-state index is 9.58. The first kappa shape index (κ1) is 13.3. The summed E-state index contributed by atoms with van der Waals surface area (Å²) < 4.78 is 5.39. The highest BCUT2D eigenvalue weighted by molar-refractivity contribution is 5.38. The molecule has 0 saturated carbocycles. The van der Waals surface area contributed by atoms with Crippen LogP contribution in [0.2, 0.25) is 0 Å². The monoisotopic (exact) mass is 252 g/mol. The summed E-state index contributed by atoms with van der Waals surface area (Å²) in [6.07, 6.45) is 2.12. The number of allylic oxidation sites excluding steroid dienone is 1. The van der Waals surface area contributed by atoms with E-state index in [1.807, 2.05) is 43.3 Å². The van der Waals surface area contributed by atoms with E-state index in [4.69, 9.17) is 4.74 Å². The molecule has 3 nitrogen and oxygen atoms in total. The fraction of sp³-hybridized carbons (Fsp3) is 0.375. The van der Waals surface area contributed by atoms with Crippen LogP contribution in [-0.2, 0) is 4.74 Å². The van der Waals surface area contributed by atoms with E-state index in [1.165, 1.54) is 0 Å². The molecule has 2 atom stereocenters. The molecule has 0 unspecified atom stereocenters. The first-order chi connectivity index (χ1) is 9.17. The molecule has 0 N–H and O–H groups in total. The Bertz CT molecular complexity index is 549. The van der Waals surface area contributed by atoms with Crippen molar-refractivity contribution in [1.29, 1.82) is 10.5 Å². The van der Waals surface area contributed by atoms with Crippen molar-refractivity contribution in [2.24, 2.45) is 5.41 Å². The lowest BCUT2D eigenvalue weighted by Crippen LogP contribution is -2.41. The third kappa shape index (κ3) is 2.14. The molecule has 0 saturated heterocycles. The van der Waals surface area contributed by atoms with Gasteiger partial charge in [0, 0.05) is 13.0 Å². The summed E-state index contributed by atoms with van der Waals surface area (Å²) in [5.41, 5.74) is 1.01. The quantitative estimate of drug-likeness (QED) is 0.760. The lowest BCUT2D eigenvalue weighted by molar-refractivity contribution is 0.0598. The Kier molecular flexibility index (Phi) is 3.69. The Morgan fingerprint density at radius 1 is 1.21 bits per heavy atom. The molecule has 1 aromatic rings. The minimum Gasteiger partial charge on any atom is -0.375 e. The van der Waals surface area contributed by atoms with E-state index < -0.39 is 11.5 Å². The molecule has 0 aliphatic heterocycles. The van der Waals surface area contributed by atoms with Gasteiger partial charge in [-0.2, -0.15) is 10.5 Å². The number of hydrogen-bond donors (Lipinski definition) is 0. The van der Waals surface area contributed by atoms with Crippen molar-refractivity contribution in [3.63, 3.8) is 0 Å². The van der Waals surface area contributed by atoms with Crippen LogP contribution in [0.15, 0.2) is 42.0 Å². The molecule has 1 aliphatic rings. The fourth-order valence-corrected chi connectivity index (χ4v) is 2.77. The molecule has 19 heavy (non-hydrogen) atoms. The topological polar surface area (TPSA) is 56.8 Å². The van der Waals surface area contributed by atoms with E-state index in [2.05, 4.69) is 12.1 Å². The molecule has 0 fully saturated rings. The molecule has 96 valence electrons. The van der Waals surface area contributed by atoms with Gasteiger partial charge in [0.05, 0.1) is 12.1 Å². The van der Waals surface area contributed by atoms with Gasteiger partial charge >= 0.3 is 0 Å². The van der Waals surface area contributed by atoms with Gasteiger partial charge in [0.15, 0.2) is 5.41 Å². The van der Waals surface area contributed by atoms with Crippen LogP contribution in [0.1, 0.15) is 24.8 Å². The van der Waals surface area contributed by atoms with Gasteiger partial charge in [0.2, 0.25) is 0 Å². The molecular formula is C16H16N2O. The highest BCUT2D eigenvalue weighted by Crippen LogP contribution is 2.47. The standard InChI is InChI=1S/C16H16N2O/c1-12-8-14(13-6-4-3-5-7-13)16(10-17,11-18)15(9-12)19-2/h3-7,9,14-15H,8H2,1-2H3/t14-,15+/m1/s1. The predicted octanol–water partition coefficient (Wildman–Crippen LogP) is 3.17. The number of benzene rings is 1. The van der Waals surface area contributed by atoms with Crippen LogP contribution in [0.25, 0.3) is 0 Å². The van der Waals surface area contributed by atoms with E-state index >= 15 is 0 Å². The zero-order valence-corrected chi connectivity index (χ0v) is 11.1. The first-order valence-corrected chi connectivity index (χ1v) is 6.25. The number of rotatable bonds is 2. The predicted molar refractivity (Wildman–Crippen MR) is 72.0 cm³/mol. The minimum atomic E-state index is -1.16. The van der Waals surface area contributed by atoms with Gasteiger partial charge in [0.1, 0.15) is 6.10 Å². The zero-order chi connectivity index (χ0) is 13.9. The summed E-state index contributed by atoms with van der Waals surface area (Å²) in [5, 5.41) is 19.2. The second kappa shape index (κ2) is 5.26. The summed E-state index contributed by atoms with van der Waals surface area (Å²) in [7, 11) is 1.55. The normalized spacial score (nSPS) is 24.9. The lowest BCUT2D eigenvalue weighted by atomic mass is 9.64. The molecule has 0 amide bonds. The van der Waals surface area contributed by atoms with Crippen LogP contribution < -0.4 is 0 Å². The van der Waals surface area contributed by atoms with Crippen LogP contribution in [-0.4, -0.2) is 13.2 Å². The Morgan fingerprint density at radius 3 is 2.37 bits per heavy atom. The number of ether oxygens (including phenoxy) is 1. The van der Waals surface area contributed by atoms with Gasteiger partial charge in [-0.15, -0.1) is 0 Å². The third-order valence-electron chi connectivity index (χ3n) is 3.79. The number of nitrogens with zero attached hydrogens (tertiary/aromatic N) is 2. The third-order valence-corrected chi connectivity index (χ3v) is 3.79. The largest absolute Gasteiger partial charge is 0.375 e.